The lowest BCUT2D eigenvalue weighted by Gasteiger charge is -2.17. The summed E-state index contributed by atoms with van der Waals surface area (Å²) in [4.78, 5) is 9.99. The Balaban J connectivity index is 2.30. The number of hydrogen-bond donors (Lipinski definition) is 1. The Morgan fingerprint density at radius 3 is 2.67 bits per heavy atom. The number of alkyl halides is 1. The van der Waals surface area contributed by atoms with Crippen molar-refractivity contribution in [3.05, 3.63) is 35.9 Å². The molecule has 1 rings (SSSR count). The lowest BCUT2D eigenvalue weighted by atomic mass is 10.1. The maximum Gasteiger partial charge on any atom is 0.296 e. The largest absolute Gasteiger partial charge is 0.421 e. The molecule has 1 unspecified atom stereocenters. The van der Waals surface area contributed by atoms with Crippen molar-refractivity contribution in [3.63, 3.8) is 0 Å². The number of aliphatic hydroxyl groups is 1. The van der Waals surface area contributed by atoms with Crippen molar-refractivity contribution < 1.29 is 14.6 Å². The van der Waals surface area contributed by atoms with E-state index in [9.17, 15) is 9.90 Å². The van der Waals surface area contributed by atoms with Crippen LogP contribution >= 0.6 is 11.6 Å². The van der Waals surface area contributed by atoms with Crippen LogP contribution in [0.2, 0.25) is 0 Å². The van der Waals surface area contributed by atoms with E-state index in [4.69, 9.17) is 11.6 Å². The molecule has 1 N–H and O–H groups in total. The maximum absolute atomic E-state index is 9.99. The van der Waals surface area contributed by atoms with Gasteiger partial charge < -0.3 is 9.84 Å². The number of ether oxygens (including phenoxy) is 1. The Morgan fingerprint density at radius 1 is 1.40 bits per heavy atom. The zero-order valence-corrected chi connectivity index (χ0v) is 8.98. The van der Waals surface area contributed by atoms with Gasteiger partial charge in [0, 0.05) is 6.42 Å². The fourth-order valence-corrected chi connectivity index (χ4v) is 1.46. The third-order valence-electron chi connectivity index (χ3n) is 2.02. The van der Waals surface area contributed by atoms with Crippen molar-refractivity contribution in [1.29, 1.82) is 0 Å². The number of halogens is 1. The van der Waals surface area contributed by atoms with Gasteiger partial charge in [-0.1, -0.05) is 30.3 Å². The summed E-state index contributed by atoms with van der Waals surface area (Å²) in [6, 6.07) is 9.83. The van der Waals surface area contributed by atoms with E-state index in [2.05, 4.69) is 4.74 Å². The molecule has 0 aliphatic carbocycles. The van der Waals surface area contributed by atoms with Gasteiger partial charge in [-0.05, 0) is 30.0 Å². The number of aryl methyl sites for hydroxylation is 1. The zero-order valence-electron chi connectivity index (χ0n) is 8.23. The van der Waals surface area contributed by atoms with Crippen LogP contribution in [0.1, 0.15) is 18.4 Å². The molecule has 0 spiro atoms. The summed E-state index contributed by atoms with van der Waals surface area (Å²) in [5, 5.41) is 7.44. The van der Waals surface area contributed by atoms with Crippen molar-refractivity contribution in [3.8, 4) is 0 Å². The van der Waals surface area contributed by atoms with Crippen molar-refractivity contribution in [1.82, 2.24) is 0 Å². The molecular weight excluding hydrogens is 216 g/mol. The SMILES string of the molecule is O=COC(O)(Cl)CCCc1ccccc1. The Morgan fingerprint density at radius 2 is 2.07 bits per heavy atom. The zero-order chi connectivity index (χ0) is 11.1. The summed E-state index contributed by atoms with van der Waals surface area (Å²) in [6.07, 6.45) is 1.65. The van der Waals surface area contributed by atoms with Crippen LogP contribution in [-0.2, 0) is 16.0 Å². The minimum absolute atomic E-state index is 0.148. The van der Waals surface area contributed by atoms with Crippen LogP contribution in [-0.4, -0.2) is 16.8 Å². The summed E-state index contributed by atoms with van der Waals surface area (Å²) in [5.41, 5.74) is 1.16. The quantitative estimate of drug-likeness (QED) is 0.461. The molecule has 0 radical (unpaired) electrons. The van der Waals surface area contributed by atoms with E-state index in [0.717, 1.165) is 12.0 Å². The number of hydrogen-bond acceptors (Lipinski definition) is 3. The Kier molecular flexibility index (Phi) is 4.59. The van der Waals surface area contributed by atoms with Crippen LogP contribution in [0.3, 0.4) is 0 Å². The summed E-state index contributed by atoms with van der Waals surface area (Å²) in [7, 11) is 0. The topological polar surface area (TPSA) is 46.5 Å². The normalized spacial score (nSPS) is 14.3. The molecule has 1 atom stereocenters. The Bertz CT molecular complexity index is 298. The smallest absolute Gasteiger partial charge is 0.296 e. The second kappa shape index (κ2) is 5.73. The molecule has 0 fully saturated rings. The third kappa shape index (κ3) is 4.81. The fraction of sp³-hybridized carbons (Fsp3) is 0.364. The van der Waals surface area contributed by atoms with Crippen LogP contribution in [0.15, 0.2) is 30.3 Å². The standard InChI is InChI=1S/C11H13ClO3/c12-11(14,15-9-13)8-4-7-10-5-2-1-3-6-10/h1-3,5-6,9,14H,4,7-8H2. The highest BCUT2D eigenvalue weighted by Gasteiger charge is 2.23. The van der Waals surface area contributed by atoms with E-state index < -0.39 is 5.25 Å². The van der Waals surface area contributed by atoms with Gasteiger partial charge in [0.25, 0.3) is 11.7 Å². The van der Waals surface area contributed by atoms with E-state index in [1.165, 1.54) is 0 Å². The molecule has 0 aliphatic rings. The molecule has 82 valence electrons. The van der Waals surface area contributed by atoms with Gasteiger partial charge in [0.2, 0.25) is 0 Å². The Labute approximate surface area is 93.6 Å². The van der Waals surface area contributed by atoms with Gasteiger partial charge in [-0.3, -0.25) is 4.79 Å². The highest BCUT2D eigenvalue weighted by atomic mass is 35.5. The number of carbonyl (C=O) groups excluding carboxylic acids is 1. The van der Waals surface area contributed by atoms with Crippen molar-refractivity contribution in [2.24, 2.45) is 0 Å². The lowest BCUT2D eigenvalue weighted by Crippen LogP contribution is -2.24. The van der Waals surface area contributed by atoms with Gasteiger partial charge >= 0.3 is 0 Å². The fourth-order valence-electron chi connectivity index (χ4n) is 1.29. The summed E-state index contributed by atoms with van der Waals surface area (Å²) in [6.45, 7) is 0.148. The predicted octanol–water partition coefficient (Wildman–Crippen LogP) is 2.07. The number of carbonyl (C=O) groups is 1. The molecule has 0 heterocycles. The summed E-state index contributed by atoms with van der Waals surface area (Å²) < 4.78 is 4.31. The molecule has 4 heteroatoms. The van der Waals surface area contributed by atoms with E-state index in [0.29, 0.717) is 6.42 Å². The molecule has 0 aliphatic heterocycles. The van der Waals surface area contributed by atoms with E-state index >= 15 is 0 Å². The third-order valence-corrected chi connectivity index (χ3v) is 2.30. The average molecular weight is 229 g/mol. The molecule has 0 saturated carbocycles. The van der Waals surface area contributed by atoms with Crippen molar-refractivity contribution >= 4 is 18.1 Å². The second-order valence-corrected chi connectivity index (χ2v) is 3.83. The van der Waals surface area contributed by atoms with Crippen LogP contribution in [0.25, 0.3) is 0 Å². The summed E-state index contributed by atoms with van der Waals surface area (Å²) in [5.74, 6) is 0. The van der Waals surface area contributed by atoms with E-state index in [-0.39, 0.29) is 12.9 Å². The average Bonchev–Trinajstić information content (AvgIpc) is 2.19. The highest BCUT2D eigenvalue weighted by molar-refractivity contribution is 6.21. The van der Waals surface area contributed by atoms with Gasteiger partial charge in [0.1, 0.15) is 0 Å². The number of rotatable bonds is 6. The molecule has 0 bridgehead atoms. The van der Waals surface area contributed by atoms with Crippen LogP contribution in [0.5, 0.6) is 0 Å². The minimum atomic E-state index is -1.86. The van der Waals surface area contributed by atoms with Crippen molar-refractivity contribution in [2.45, 2.75) is 24.5 Å². The van der Waals surface area contributed by atoms with E-state index in [1.807, 2.05) is 30.3 Å². The van der Waals surface area contributed by atoms with Gasteiger partial charge in [0.15, 0.2) is 0 Å². The first-order valence-corrected chi connectivity index (χ1v) is 5.08. The molecule has 15 heavy (non-hydrogen) atoms. The van der Waals surface area contributed by atoms with Gasteiger partial charge in [-0.2, -0.15) is 0 Å². The minimum Gasteiger partial charge on any atom is -0.421 e. The number of benzene rings is 1. The molecule has 3 nitrogen and oxygen atoms in total. The van der Waals surface area contributed by atoms with Gasteiger partial charge in [-0.25, -0.2) is 0 Å². The molecule has 0 saturated heterocycles. The summed E-state index contributed by atoms with van der Waals surface area (Å²) >= 11 is 5.50. The Hall–Kier alpha value is -1.06. The molecule has 0 aromatic heterocycles. The first-order valence-electron chi connectivity index (χ1n) is 4.71. The van der Waals surface area contributed by atoms with Gasteiger partial charge in [0.05, 0.1) is 0 Å². The van der Waals surface area contributed by atoms with Crippen LogP contribution in [0.4, 0.5) is 0 Å². The van der Waals surface area contributed by atoms with Crippen LogP contribution < -0.4 is 0 Å². The maximum atomic E-state index is 9.99. The highest BCUT2D eigenvalue weighted by Crippen LogP contribution is 2.20. The predicted molar refractivity (Wildman–Crippen MR) is 57.3 cm³/mol. The molecular formula is C11H13ClO3. The first kappa shape index (κ1) is 12.0. The van der Waals surface area contributed by atoms with E-state index in [1.54, 1.807) is 0 Å². The molecule has 0 amide bonds. The molecule has 1 aromatic rings. The second-order valence-electron chi connectivity index (χ2n) is 3.24. The molecule has 1 aromatic carbocycles. The van der Waals surface area contributed by atoms with Crippen molar-refractivity contribution in [2.75, 3.05) is 0 Å². The van der Waals surface area contributed by atoms with Gasteiger partial charge in [-0.15, -0.1) is 0 Å². The lowest BCUT2D eigenvalue weighted by molar-refractivity contribution is -0.165. The first-order chi connectivity index (χ1) is 7.14. The monoisotopic (exact) mass is 228 g/mol. The van der Waals surface area contributed by atoms with Crippen LogP contribution in [0, 0.1) is 0 Å².